The first-order valence-corrected chi connectivity index (χ1v) is 11.1. The Labute approximate surface area is 187 Å². The van der Waals surface area contributed by atoms with Gasteiger partial charge in [-0.05, 0) is 62.6 Å². The number of benzene rings is 3. The second-order valence-corrected chi connectivity index (χ2v) is 8.66. The maximum absolute atomic E-state index is 6.44. The number of furan rings is 1. The monoisotopic (exact) mass is 419 g/mol. The third-order valence-electron chi connectivity index (χ3n) is 6.64. The fourth-order valence-electron chi connectivity index (χ4n) is 5.21. The van der Waals surface area contributed by atoms with Crippen molar-refractivity contribution in [1.82, 2.24) is 4.98 Å². The molecule has 0 saturated heterocycles. The lowest BCUT2D eigenvalue weighted by Crippen LogP contribution is -2.36. The van der Waals surface area contributed by atoms with E-state index in [1.807, 2.05) is 24.4 Å². The fraction of sp³-hybridized carbons (Fsp3) is 0.179. The summed E-state index contributed by atoms with van der Waals surface area (Å²) in [5.41, 5.74) is 8.95. The zero-order valence-corrected chi connectivity index (χ0v) is 18.8. The number of hydrogen-bond acceptors (Lipinski definition) is 4. The van der Waals surface area contributed by atoms with Crippen molar-refractivity contribution in [3.8, 4) is 0 Å². The third-order valence-corrected chi connectivity index (χ3v) is 6.64. The predicted octanol–water partition coefficient (Wildman–Crippen LogP) is 7.54. The van der Waals surface area contributed by atoms with Crippen molar-refractivity contribution in [1.29, 1.82) is 0 Å². The van der Waals surface area contributed by atoms with Crippen molar-refractivity contribution in [3.63, 3.8) is 0 Å². The fourth-order valence-corrected chi connectivity index (χ4v) is 5.21. The Bertz CT molecular complexity index is 1480. The van der Waals surface area contributed by atoms with Crippen LogP contribution in [0, 0.1) is 20.8 Å². The molecule has 3 heterocycles. The smallest absolute Gasteiger partial charge is 0.159 e. The van der Waals surface area contributed by atoms with E-state index < -0.39 is 0 Å². The molecule has 0 radical (unpaired) electrons. The molecule has 0 aliphatic carbocycles. The van der Waals surface area contributed by atoms with Crippen molar-refractivity contribution in [3.05, 3.63) is 89.6 Å². The maximum Gasteiger partial charge on any atom is 0.159 e. The number of fused-ring (bicyclic) bond motifs is 4. The first-order chi connectivity index (χ1) is 15.6. The molecule has 0 spiro atoms. The van der Waals surface area contributed by atoms with Crippen molar-refractivity contribution in [2.45, 2.75) is 33.9 Å². The van der Waals surface area contributed by atoms with Crippen molar-refractivity contribution in [2.24, 2.45) is 0 Å². The largest absolute Gasteiger partial charge is 0.454 e. The van der Waals surface area contributed by atoms with Crippen molar-refractivity contribution < 1.29 is 4.42 Å². The molecular formula is C28H25N3O. The van der Waals surface area contributed by atoms with E-state index in [1.54, 1.807) is 0 Å². The van der Waals surface area contributed by atoms with Crippen LogP contribution in [0.25, 0.3) is 21.9 Å². The summed E-state index contributed by atoms with van der Waals surface area (Å²) >= 11 is 0. The van der Waals surface area contributed by atoms with Crippen molar-refractivity contribution >= 4 is 44.8 Å². The Balaban J connectivity index is 1.64. The van der Waals surface area contributed by atoms with Crippen LogP contribution in [-0.2, 0) is 0 Å². The summed E-state index contributed by atoms with van der Waals surface area (Å²) < 4.78 is 6.44. The van der Waals surface area contributed by atoms with Gasteiger partial charge in [-0.2, -0.15) is 0 Å². The van der Waals surface area contributed by atoms with Crippen LogP contribution < -0.4 is 9.80 Å². The zero-order valence-electron chi connectivity index (χ0n) is 18.8. The number of anilines is 4. The summed E-state index contributed by atoms with van der Waals surface area (Å²) in [4.78, 5) is 9.59. The molecule has 0 fully saturated rings. The highest BCUT2D eigenvalue weighted by Gasteiger charge is 2.39. The van der Waals surface area contributed by atoms with Crippen LogP contribution in [0.3, 0.4) is 0 Å². The Hall–Kier alpha value is -3.79. The lowest BCUT2D eigenvalue weighted by atomic mass is 10.1. The molecule has 0 bridgehead atoms. The minimum absolute atomic E-state index is 0.0391. The molecule has 3 aromatic carbocycles. The average molecular weight is 420 g/mol. The standard InChI is InChI=1S/C28H25N3O/c1-17-9-7-10-18(2)25(17)30-20(4)31(28-23(30)12-8-16-29-28)26-19(3)14-15-22-21-11-5-6-13-24(21)32-27(22)26/h5-16,20H,1-4H3/t20-/m1/s1. The van der Waals surface area contributed by atoms with E-state index in [2.05, 4.69) is 86.0 Å². The number of nitrogens with zero attached hydrogens (tertiary/aromatic N) is 3. The first-order valence-electron chi connectivity index (χ1n) is 11.1. The molecule has 0 saturated carbocycles. The van der Waals surface area contributed by atoms with Gasteiger partial charge >= 0.3 is 0 Å². The van der Waals surface area contributed by atoms with Gasteiger partial charge in [0.2, 0.25) is 0 Å². The summed E-state index contributed by atoms with van der Waals surface area (Å²) in [6.45, 7) is 8.76. The van der Waals surface area contributed by atoms with E-state index in [-0.39, 0.29) is 6.17 Å². The summed E-state index contributed by atoms with van der Waals surface area (Å²) in [6.07, 6.45) is 1.91. The highest BCUT2D eigenvalue weighted by atomic mass is 16.3. The number of aromatic nitrogens is 1. The van der Waals surface area contributed by atoms with Gasteiger partial charge in [-0.3, -0.25) is 4.90 Å². The molecule has 0 amide bonds. The van der Waals surface area contributed by atoms with Crippen molar-refractivity contribution in [2.75, 3.05) is 9.80 Å². The minimum Gasteiger partial charge on any atom is -0.454 e. The average Bonchev–Trinajstić information content (AvgIpc) is 3.30. The van der Waals surface area contributed by atoms with Gasteiger partial charge in [0.1, 0.15) is 11.7 Å². The number of rotatable bonds is 2. The van der Waals surface area contributed by atoms with E-state index in [0.717, 1.165) is 39.1 Å². The SMILES string of the molecule is Cc1cccc(C)c1N1c2cccnc2N(c2c(C)ccc3c2oc2ccccc23)[C@@H]1C. The lowest BCUT2D eigenvalue weighted by molar-refractivity contribution is 0.662. The molecular weight excluding hydrogens is 394 g/mol. The summed E-state index contributed by atoms with van der Waals surface area (Å²) in [7, 11) is 0. The van der Waals surface area contributed by atoms with Gasteiger partial charge in [0.05, 0.1) is 11.4 Å². The number of pyridine rings is 1. The number of aryl methyl sites for hydroxylation is 3. The lowest BCUT2D eigenvalue weighted by Gasteiger charge is -2.32. The van der Waals surface area contributed by atoms with Gasteiger partial charge in [-0.1, -0.05) is 48.5 Å². The minimum atomic E-state index is 0.0391. The van der Waals surface area contributed by atoms with E-state index in [1.165, 1.54) is 22.4 Å². The third kappa shape index (κ3) is 2.53. The van der Waals surface area contributed by atoms with Gasteiger partial charge in [-0.25, -0.2) is 4.98 Å². The van der Waals surface area contributed by atoms with Gasteiger partial charge in [-0.15, -0.1) is 0 Å². The molecule has 1 atom stereocenters. The van der Waals surface area contributed by atoms with Crippen LogP contribution >= 0.6 is 0 Å². The van der Waals surface area contributed by atoms with E-state index in [4.69, 9.17) is 9.40 Å². The molecule has 2 aromatic heterocycles. The van der Waals surface area contributed by atoms with Crippen LogP contribution in [0.1, 0.15) is 23.6 Å². The zero-order chi connectivity index (χ0) is 22.0. The summed E-state index contributed by atoms with van der Waals surface area (Å²) in [6, 6.07) is 23.3. The molecule has 1 aliphatic heterocycles. The van der Waals surface area contributed by atoms with E-state index in [0.29, 0.717) is 0 Å². The Morgan fingerprint density at radius 2 is 1.47 bits per heavy atom. The number of para-hydroxylation sites is 2. The molecule has 158 valence electrons. The van der Waals surface area contributed by atoms with Crippen LogP contribution in [0.2, 0.25) is 0 Å². The van der Waals surface area contributed by atoms with Gasteiger partial charge in [0.25, 0.3) is 0 Å². The normalized spacial score (nSPS) is 15.7. The topological polar surface area (TPSA) is 32.5 Å². The second-order valence-electron chi connectivity index (χ2n) is 8.66. The molecule has 5 aromatic rings. The van der Waals surface area contributed by atoms with Gasteiger partial charge < -0.3 is 9.32 Å². The Morgan fingerprint density at radius 1 is 0.719 bits per heavy atom. The quantitative estimate of drug-likeness (QED) is 0.296. The predicted molar refractivity (Wildman–Crippen MR) is 132 cm³/mol. The summed E-state index contributed by atoms with van der Waals surface area (Å²) in [5.74, 6) is 0.957. The van der Waals surface area contributed by atoms with Crippen LogP contribution in [0.5, 0.6) is 0 Å². The van der Waals surface area contributed by atoms with Crippen LogP contribution in [0.15, 0.2) is 77.3 Å². The Kier molecular flexibility index (Phi) is 4.06. The first kappa shape index (κ1) is 18.9. The maximum atomic E-state index is 6.44. The highest BCUT2D eigenvalue weighted by molar-refractivity contribution is 6.10. The van der Waals surface area contributed by atoms with E-state index >= 15 is 0 Å². The van der Waals surface area contributed by atoms with Gasteiger partial charge in [0.15, 0.2) is 11.4 Å². The molecule has 32 heavy (non-hydrogen) atoms. The molecule has 4 nitrogen and oxygen atoms in total. The molecule has 0 N–H and O–H groups in total. The molecule has 6 rings (SSSR count). The molecule has 0 unspecified atom stereocenters. The van der Waals surface area contributed by atoms with Crippen LogP contribution in [-0.4, -0.2) is 11.1 Å². The van der Waals surface area contributed by atoms with E-state index in [9.17, 15) is 0 Å². The molecule has 4 heteroatoms. The van der Waals surface area contributed by atoms with Crippen LogP contribution in [0.4, 0.5) is 22.9 Å². The summed E-state index contributed by atoms with van der Waals surface area (Å²) in [5, 5.41) is 2.28. The highest BCUT2D eigenvalue weighted by Crippen LogP contribution is 2.50. The molecule has 1 aliphatic rings. The van der Waals surface area contributed by atoms with Gasteiger partial charge in [0, 0.05) is 22.7 Å². The number of hydrogen-bond donors (Lipinski definition) is 0. The second kappa shape index (κ2) is 6.86. The Morgan fingerprint density at radius 3 is 2.28 bits per heavy atom.